The first-order chi connectivity index (χ1) is 16.4. The fraction of sp³-hybridized carbons (Fsp3) is 0.455. The minimum atomic E-state index is -4.51. The van der Waals surface area contributed by atoms with E-state index in [1.54, 1.807) is 23.9 Å². The highest BCUT2D eigenvalue weighted by Crippen LogP contribution is 2.35. The number of halogens is 6. The standard InChI is InChI=1S/C22H23F6N7/c1-34(2)20-31-16-8-11-35(19-15(22(26,27)28)4-3-9-29-19)10-7-14(16)18(33-20)32-17-6-5-13(12-30-17)21(23,24)25/h3,5-6,9,12,15H,4,7-8,10-11H2,1-2H3,(H,30,31,32,33). The van der Waals surface area contributed by atoms with Gasteiger partial charge in [0, 0.05) is 51.6 Å². The lowest BCUT2D eigenvalue weighted by Crippen LogP contribution is -2.44. The Morgan fingerprint density at radius 1 is 1.03 bits per heavy atom. The van der Waals surface area contributed by atoms with Crippen molar-refractivity contribution in [3.8, 4) is 0 Å². The van der Waals surface area contributed by atoms with Gasteiger partial charge in [-0.3, -0.25) is 0 Å². The Labute approximate surface area is 197 Å². The lowest BCUT2D eigenvalue weighted by Gasteiger charge is -2.32. The monoisotopic (exact) mass is 499 g/mol. The maximum Gasteiger partial charge on any atom is 0.417 e. The van der Waals surface area contributed by atoms with Crippen LogP contribution in [0.3, 0.4) is 0 Å². The van der Waals surface area contributed by atoms with Gasteiger partial charge in [0.05, 0.1) is 11.3 Å². The van der Waals surface area contributed by atoms with Crippen molar-refractivity contribution >= 4 is 23.4 Å². The summed E-state index contributed by atoms with van der Waals surface area (Å²) >= 11 is 0. The maximum absolute atomic E-state index is 13.6. The van der Waals surface area contributed by atoms with Gasteiger partial charge in [-0.1, -0.05) is 6.08 Å². The summed E-state index contributed by atoms with van der Waals surface area (Å²) in [6, 6.07) is 2.11. The molecule has 1 N–H and O–H groups in total. The second kappa shape index (κ2) is 9.34. The average molecular weight is 499 g/mol. The van der Waals surface area contributed by atoms with Crippen molar-refractivity contribution in [3.05, 3.63) is 47.4 Å². The summed E-state index contributed by atoms with van der Waals surface area (Å²) < 4.78 is 79.4. The summed E-state index contributed by atoms with van der Waals surface area (Å²) in [4.78, 5) is 20.2. The number of alkyl halides is 6. The number of pyridine rings is 1. The van der Waals surface area contributed by atoms with Crippen LogP contribution < -0.4 is 10.2 Å². The molecule has 0 aromatic carbocycles. The van der Waals surface area contributed by atoms with E-state index in [0.29, 0.717) is 35.9 Å². The predicted molar refractivity (Wildman–Crippen MR) is 119 cm³/mol. The van der Waals surface area contributed by atoms with Crippen LogP contribution in [0, 0.1) is 5.92 Å². The Kier molecular flexibility index (Phi) is 6.60. The minimum absolute atomic E-state index is 0.0208. The number of anilines is 3. The summed E-state index contributed by atoms with van der Waals surface area (Å²) in [5.74, 6) is -0.828. The smallest absolute Gasteiger partial charge is 0.359 e. The zero-order valence-electron chi connectivity index (χ0n) is 19.0. The molecule has 13 heteroatoms. The molecule has 35 heavy (non-hydrogen) atoms. The van der Waals surface area contributed by atoms with E-state index in [1.165, 1.54) is 18.3 Å². The van der Waals surface area contributed by atoms with E-state index < -0.39 is 23.8 Å². The minimum Gasteiger partial charge on any atom is -0.359 e. The normalized spacial score (nSPS) is 18.6. The van der Waals surface area contributed by atoms with Gasteiger partial charge in [-0.15, -0.1) is 0 Å². The van der Waals surface area contributed by atoms with Crippen LogP contribution in [0.25, 0.3) is 0 Å². The topological polar surface area (TPSA) is 69.5 Å². The van der Waals surface area contributed by atoms with Crippen LogP contribution in [0.2, 0.25) is 0 Å². The number of fused-ring (bicyclic) bond motifs is 1. The lowest BCUT2D eigenvalue weighted by atomic mass is 10.0. The number of amidine groups is 1. The third-order valence-corrected chi connectivity index (χ3v) is 5.78. The van der Waals surface area contributed by atoms with E-state index in [4.69, 9.17) is 0 Å². The first-order valence-electron chi connectivity index (χ1n) is 10.8. The van der Waals surface area contributed by atoms with Crippen molar-refractivity contribution in [1.29, 1.82) is 0 Å². The lowest BCUT2D eigenvalue weighted by molar-refractivity contribution is -0.156. The molecular formula is C22H23F6N7. The summed E-state index contributed by atoms with van der Waals surface area (Å²) in [5.41, 5.74) is 0.446. The second-order valence-corrected chi connectivity index (χ2v) is 8.44. The fourth-order valence-corrected chi connectivity index (χ4v) is 3.98. The van der Waals surface area contributed by atoms with Gasteiger partial charge in [0.15, 0.2) is 0 Å². The molecule has 188 valence electrons. The number of rotatable bonds is 3. The fourth-order valence-electron chi connectivity index (χ4n) is 3.98. The Morgan fingerprint density at radius 2 is 1.77 bits per heavy atom. The van der Waals surface area contributed by atoms with Gasteiger partial charge in [-0.2, -0.15) is 31.3 Å². The second-order valence-electron chi connectivity index (χ2n) is 8.44. The van der Waals surface area contributed by atoms with Crippen molar-refractivity contribution < 1.29 is 26.3 Å². The van der Waals surface area contributed by atoms with Gasteiger partial charge in [-0.05, 0) is 25.0 Å². The first-order valence-corrected chi connectivity index (χ1v) is 10.8. The van der Waals surface area contributed by atoms with Gasteiger partial charge in [-0.25, -0.2) is 15.0 Å². The van der Waals surface area contributed by atoms with Crippen LogP contribution in [0.15, 0.2) is 35.6 Å². The van der Waals surface area contributed by atoms with Crippen LogP contribution in [-0.4, -0.2) is 59.0 Å². The van der Waals surface area contributed by atoms with E-state index >= 15 is 0 Å². The molecule has 7 nitrogen and oxygen atoms in total. The van der Waals surface area contributed by atoms with E-state index in [2.05, 4.69) is 25.3 Å². The molecule has 2 aromatic heterocycles. The third-order valence-electron chi connectivity index (χ3n) is 5.78. The largest absolute Gasteiger partial charge is 0.417 e. The Bertz CT molecular complexity index is 1120. The number of nitrogens with zero attached hydrogens (tertiary/aromatic N) is 6. The quantitative estimate of drug-likeness (QED) is 0.623. The zero-order chi connectivity index (χ0) is 25.4. The molecule has 0 saturated carbocycles. The van der Waals surface area contributed by atoms with Gasteiger partial charge >= 0.3 is 12.4 Å². The molecule has 0 saturated heterocycles. The van der Waals surface area contributed by atoms with Crippen LogP contribution in [0.5, 0.6) is 0 Å². The third kappa shape index (κ3) is 5.49. The van der Waals surface area contributed by atoms with Crippen molar-refractivity contribution in [3.63, 3.8) is 0 Å². The highest BCUT2D eigenvalue weighted by atomic mass is 19.4. The highest BCUT2D eigenvalue weighted by Gasteiger charge is 2.45. The Hall–Kier alpha value is -3.38. The molecule has 2 aromatic rings. The van der Waals surface area contributed by atoms with Gasteiger partial charge in [0.1, 0.15) is 23.4 Å². The summed E-state index contributed by atoms with van der Waals surface area (Å²) in [7, 11) is 3.48. The molecule has 0 aliphatic carbocycles. The molecule has 2 aliphatic rings. The number of hydrogen-bond donors (Lipinski definition) is 1. The van der Waals surface area contributed by atoms with Gasteiger partial charge in [0.2, 0.25) is 5.95 Å². The van der Waals surface area contributed by atoms with Crippen molar-refractivity contribution in [2.45, 2.75) is 31.6 Å². The highest BCUT2D eigenvalue weighted by molar-refractivity contribution is 5.87. The molecule has 0 spiro atoms. The van der Waals surface area contributed by atoms with Crippen LogP contribution in [0.1, 0.15) is 23.2 Å². The molecule has 4 heterocycles. The van der Waals surface area contributed by atoms with Gasteiger partial charge in [0.25, 0.3) is 0 Å². The molecular weight excluding hydrogens is 476 g/mol. The number of aromatic nitrogens is 3. The molecule has 0 fully saturated rings. The summed E-state index contributed by atoms with van der Waals surface area (Å²) in [5, 5.41) is 2.97. The Balaban J connectivity index is 1.63. The predicted octanol–water partition coefficient (Wildman–Crippen LogP) is 4.60. The average Bonchev–Trinajstić information content (AvgIpc) is 3.01. The van der Waals surface area contributed by atoms with Crippen LogP contribution >= 0.6 is 0 Å². The zero-order valence-corrected chi connectivity index (χ0v) is 19.0. The molecule has 1 atom stereocenters. The Morgan fingerprint density at radius 3 is 2.40 bits per heavy atom. The molecule has 2 aliphatic heterocycles. The molecule has 0 bridgehead atoms. The number of aliphatic imine (C=N–C) groups is 1. The molecule has 4 rings (SSSR count). The SMILES string of the molecule is CN(C)c1nc2c(c(Nc3ccc(C(F)(F)F)cn3)n1)CCN(C1=NC=CCC1C(F)(F)F)CC2. The van der Waals surface area contributed by atoms with Crippen LogP contribution in [-0.2, 0) is 19.0 Å². The van der Waals surface area contributed by atoms with E-state index in [0.717, 1.165) is 12.3 Å². The van der Waals surface area contributed by atoms with E-state index in [1.807, 2.05) is 0 Å². The number of nitrogens with one attached hydrogen (secondary N) is 1. The van der Waals surface area contributed by atoms with Crippen molar-refractivity contribution in [1.82, 2.24) is 19.9 Å². The number of hydrogen-bond acceptors (Lipinski definition) is 7. The summed E-state index contributed by atoms with van der Waals surface area (Å²) in [6.07, 6.45) is -4.90. The van der Waals surface area contributed by atoms with Crippen molar-refractivity contribution in [2.75, 3.05) is 37.4 Å². The van der Waals surface area contributed by atoms with E-state index in [9.17, 15) is 26.3 Å². The summed E-state index contributed by atoms with van der Waals surface area (Å²) in [6.45, 7) is 0.542. The van der Waals surface area contributed by atoms with Gasteiger partial charge < -0.3 is 15.1 Å². The molecule has 0 amide bonds. The maximum atomic E-state index is 13.6. The first kappa shape index (κ1) is 24.7. The molecule has 0 radical (unpaired) electrons. The van der Waals surface area contributed by atoms with Crippen LogP contribution in [0.4, 0.5) is 43.9 Å². The van der Waals surface area contributed by atoms with E-state index in [-0.39, 0.29) is 31.2 Å². The molecule has 1 unspecified atom stereocenters. The number of allylic oxidation sites excluding steroid dienone is 1. The van der Waals surface area contributed by atoms with Crippen molar-refractivity contribution in [2.24, 2.45) is 10.9 Å².